The Morgan fingerprint density at radius 3 is 2.37 bits per heavy atom. The number of piperidine rings is 1. The minimum atomic E-state index is -5.08. The molecule has 0 saturated carbocycles. The minimum Gasteiger partial charge on any atom is -0.420 e. The fourth-order valence-electron chi connectivity index (χ4n) is 5.30. The molecular formula is C33H28F3N3O4. The molecule has 1 aliphatic heterocycles. The summed E-state index contributed by atoms with van der Waals surface area (Å²) in [6.45, 7) is 0.409. The van der Waals surface area contributed by atoms with Gasteiger partial charge in [-0.3, -0.25) is 0 Å². The van der Waals surface area contributed by atoms with Crippen molar-refractivity contribution in [1.29, 1.82) is 0 Å². The molecule has 7 nitrogen and oxygen atoms in total. The summed E-state index contributed by atoms with van der Waals surface area (Å²) >= 11 is 0. The van der Waals surface area contributed by atoms with Crippen LogP contribution < -0.4 is 0 Å². The van der Waals surface area contributed by atoms with E-state index in [1.165, 1.54) is 0 Å². The van der Waals surface area contributed by atoms with Crippen LogP contribution in [-0.2, 0) is 27.4 Å². The van der Waals surface area contributed by atoms with Crippen LogP contribution in [0.3, 0.4) is 0 Å². The number of carbonyl (C=O) groups excluding carboxylic acids is 1. The molecule has 0 spiro atoms. The Labute approximate surface area is 245 Å². The zero-order valence-electron chi connectivity index (χ0n) is 23.0. The first-order valence-electron chi connectivity index (χ1n) is 13.9. The lowest BCUT2D eigenvalue weighted by Crippen LogP contribution is -2.46. The summed E-state index contributed by atoms with van der Waals surface area (Å²) in [6.07, 6.45) is -4.70. The maximum absolute atomic E-state index is 12.9. The average Bonchev–Trinajstić information content (AvgIpc) is 3.49. The average molecular weight is 588 g/mol. The summed E-state index contributed by atoms with van der Waals surface area (Å²) in [6, 6.07) is 31.4. The molecule has 0 amide bonds. The highest BCUT2D eigenvalue weighted by Gasteiger charge is 2.44. The summed E-state index contributed by atoms with van der Waals surface area (Å²) in [5.74, 6) is -1.41. The van der Waals surface area contributed by atoms with Crippen molar-refractivity contribution in [3.8, 4) is 11.5 Å². The molecule has 5 aromatic rings. The van der Waals surface area contributed by atoms with Gasteiger partial charge in [-0.15, -0.1) is 15.3 Å². The van der Waals surface area contributed by atoms with E-state index in [4.69, 9.17) is 9.15 Å². The molecular weight excluding hydrogens is 559 g/mol. The third-order valence-corrected chi connectivity index (χ3v) is 7.49. The number of hydrogen-bond acceptors (Lipinski definition) is 7. The summed E-state index contributed by atoms with van der Waals surface area (Å²) < 4.78 is 50.8. The smallest absolute Gasteiger partial charge is 0.420 e. The molecule has 1 fully saturated rings. The van der Waals surface area contributed by atoms with Crippen molar-refractivity contribution in [2.75, 3.05) is 13.1 Å². The number of carbonyl (C=O) groups is 1. The topological polar surface area (TPSA) is 77.7 Å². The molecule has 220 valence electrons. The molecule has 43 heavy (non-hydrogen) atoms. The normalized spacial score (nSPS) is 17.7. The molecule has 0 bridgehead atoms. The van der Waals surface area contributed by atoms with Gasteiger partial charge in [0.05, 0.1) is 25.7 Å². The zero-order chi connectivity index (χ0) is 29.8. The predicted molar refractivity (Wildman–Crippen MR) is 153 cm³/mol. The van der Waals surface area contributed by atoms with Crippen LogP contribution >= 0.6 is 0 Å². The van der Waals surface area contributed by atoms with E-state index in [1.54, 1.807) is 0 Å². The Morgan fingerprint density at radius 2 is 1.60 bits per heavy atom. The number of hydroxylamine groups is 2. The zero-order valence-corrected chi connectivity index (χ0v) is 23.0. The lowest BCUT2D eigenvalue weighted by molar-refractivity contribution is -0.248. The van der Waals surface area contributed by atoms with Gasteiger partial charge in [0.2, 0.25) is 11.8 Å². The van der Waals surface area contributed by atoms with Crippen LogP contribution in [0.25, 0.3) is 22.2 Å². The molecule has 6 rings (SSSR count). The Balaban J connectivity index is 1.16. The second-order valence-corrected chi connectivity index (χ2v) is 10.5. The van der Waals surface area contributed by atoms with Gasteiger partial charge in [-0.05, 0) is 52.1 Å². The number of ether oxygens (including phenoxy) is 1. The van der Waals surface area contributed by atoms with Gasteiger partial charge in [-0.25, -0.2) is 4.79 Å². The number of alkyl halides is 3. The predicted octanol–water partition coefficient (Wildman–Crippen LogP) is 6.88. The number of fused-ring (bicyclic) bond motifs is 1. The van der Waals surface area contributed by atoms with Crippen molar-refractivity contribution < 1.29 is 32.0 Å². The summed E-state index contributed by atoms with van der Waals surface area (Å²) in [5, 5.41) is 11.5. The molecule has 0 N–H and O–H groups in total. The molecule has 0 radical (unpaired) electrons. The molecule has 2 unspecified atom stereocenters. The maximum atomic E-state index is 12.9. The van der Waals surface area contributed by atoms with Crippen LogP contribution in [0.5, 0.6) is 0 Å². The molecule has 10 heteroatoms. The van der Waals surface area contributed by atoms with Gasteiger partial charge in [0.25, 0.3) is 0 Å². The second kappa shape index (κ2) is 12.4. The molecule has 0 aliphatic carbocycles. The fourth-order valence-corrected chi connectivity index (χ4v) is 5.30. The first kappa shape index (κ1) is 28.6. The van der Waals surface area contributed by atoms with E-state index >= 15 is 0 Å². The highest BCUT2D eigenvalue weighted by molar-refractivity contribution is 5.83. The molecule has 1 saturated heterocycles. The quantitative estimate of drug-likeness (QED) is 0.196. The number of benzene rings is 4. The van der Waals surface area contributed by atoms with E-state index in [2.05, 4.69) is 15.0 Å². The Hall–Kier alpha value is -4.54. The monoisotopic (exact) mass is 587 g/mol. The molecule has 4 aromatic carbocycles. The fraction of sp³-hybridized carbons (Fsp3) is 0.242. The van der Waals surface area contributed by atoms with Gasteiger partial charge in [0.15, 0.2) is 0 Å². The van der Waals surface area contributed by atoms with Gasteiger partial charge in [0, 0.05) is 18.0 Å². The number of hydrogen-bond donors (Lipinski definition) is 0. The summed E-state index contributed by atoms with van der Waals surface area (Å²) in [4.78, 5) is 16.2. The van der Waals surface area contributed by atoms with Crippen LogP contribution in [0.2, 0.25) is 0 Å². The van der Waals surface area contributed by atoms with Crippen molar-refractivity contribution in [3.63, 3.8) is 0 Å². The molecule has 2 heterocycles. The lowest BCUT2D eigenvalue weighted by atomic mass is 9.87. The van der Waals surface area contributed by atoms with E-state index < -0.39 is 18.2 Å². The molecule has 1 aromatic heterocycles. The standard InChI is InChI=1S/C33H28F3N3O4/c34-33(35,36)32(40)43-39-17-16-28(29(20-39)41-21-23-12-13-24-6-4-5-9-27(24)18-23)25-14-10-22(11-15-25)19-30-37-38-31(42-30)26-7-2-1-3-8-26/h1-15,18,28-29H,16-17,19-21H2. The van der Waals surface area contributed by atoms with Gasteiger partial charge in [0.1, 0.15) is 0 Å². The van der Waals surface area contributed by atoms with E-state index in [1.807, 2.05) is 97.1 Å². The first-order valence-corrected chi connectivity index (χ1v) is 13.9. The van der Waals surface area contributed by atoms with Crippen LogP contribution in [0, 0.1) is 0 Å². The third kappa shape index (κ3) is 6.93. The Kier molecular flexibility index (Phi) is 8.22. The Morgan fingerprint density at radius 1 is 0.884 bits per heavy atom. The number of rotatable bonds is 8. The van der Waals surface area contributed by atoms with Crippen molar-refractivity contribution in [1.82, 2.24) is 15.3 Å². The van der Waals surface area contributed by atoms with Crippen LogP contribution in [0.4, 0.5) is 13.2 Å². The highest BCUT2D eigenvalue weighted by Crippen LogP contribution is 2.33. The van der Waals surface area contributed by atoms with E-state index in [-0.39, 0.29) is 25.6 Å². The first-order chi connectivity index (χ1) is 20.8. The second-order valence-electron chi connectivity index (χ2n) is 10.5. The highest BCUT2D eigenvalue weighted by atomic mass is 19.4. The number of halogens is 3. The van der Waals surface area contributed by atoms with Gasteiger partial charge < -0.3 is 14.0 Å². The van der Waals surface area contributed by atoms with Crippen LogP contribution in [-0.4, -0.2) is 46.6 Å². The van der Waals surface area contributed by atoms with Gasteiger partial charge in [-0.2, -0.15) is 13.2 Å². The van der Waals surface area contributed by atoms with Crippen molar-refractivity contribution in [3.05, 3.63) is 120 Å². The van der Waals surface area contributed by atoms with E-state index in [0.717, 1.165) is 38.1 Å². The van der Waals surface area contributed by atoms with Crippen LogP contribution in [0.1, 0.15) is 34.9 Å². The Bertz CT molecular complexity index is 1690. The van der Waals surface area contributed by atoms with Crippen molar-refractivity contribution in [2.24, 2.45) is 0 Å². The van der Waals surface area contributed by atoms with Crippen LogP contribution in [0.15, 0.2) is 101 Å². The SMILES string of the molecule is O=C(ON1CCC(c2ccc(Cc3nnc(-c4ccccc4)o3)cc2)C(OCc2ccc3ccccc3c2)C1)C(F)(F)F. The van der Waals surface area contributed by atoms with Gasteiger partial charge >= 0.3 is 12.1 Å². The van der Waals surface area contributed by atoms with E-state index in [9.17, 15) is 18.0 Å². The largest absolute Gasteiger partial charge is 0.492 e. The van der Waals surface area contributed by atoms with Crippen molar-refractivity contribution in [2.45, 2.75) is 37.6 Å². The number of aromatic nitrogens is 2. The third-order valence-electron chi connectivity index (χ3n) is 7.49. The van der Waals surface area contributed by atoms with Crippen molar-refractivity contribution >= 4 is 16.7 Å². The lowest BCUT2D eigenvalue weighted by Gasteiger charge is -2.37. The molecule has 1 aliphatic rings. The van der Waals surface area contributed by atoms with E-state index in [0.29, 0.717) is 24.6 Å². The molecule has 2 atom stereocenters. The summed E-state index contributed by atoms with van der Waals surface area (Å²) in [5.41, 5.74) is 3.73. The van der Waals surface area contributed by atoms with Gasteiger partial charge in [-0.1, -0.05) is 78.9 Å². The summed E-state index contributed by atoms with van der Waals surface area (Å²) in [7, 11) is 0. The minimum absolute atomic E-state index is 0.00602. The number of nitrogens with zero attached hydrogens (tertiary/aromatic N) is 3. The maximum Gasteiger partial charge on any atom is 0.492 e.